The number of aryl methyl sites for hydroxylation is 1. The molecule has 0 saturated heterocycles. The molecule has 76 valence electrons. The van der Waals surface area contributed by atoms with E-state index < -0.39 is 0 Å². The Morgan fingerprint density at radius 1 is 1.64 bits per heavy atom. The highest BCUT2D eigenvalue weighted by Gasteiger charge is 2.03. The Balaban J connectivity index is 2.35. The van der Waals surface area contributed by atoms with Crippen molar-refractivity contribution < 1.29 is 0 Å². The molecule has 1 aromatic rings. The molecule has 0 fully saturated rings. The molecule has 0 N–H and O–H groups in total. The molecule has 5 heteroatoms. The van der Waals surface area contributed by atoms with Crippen LogP contribution in [-0.4, -0.2) is 20.5 Å². The van der Waals surface area contributed by atoms with Crippen LogP contribution in [0.2, 0.25) is 0 Å². The van der Waals surface area contributed by atoms with Crippen LogP contribution in [0.3, 0.4) is 0 Å². The number of thiol groups is 1. The Morgan fingerprint density at radius 3 is 3.00 bits per heavy atom. The summed E-state index contributed by atoms with van der Waals surface area (Å²) < 4.78 is 1.72. The smallest absolute Gasteiger partial charge is 0.252 e. The van der Waals surface area contributed by atoms with Crippen molar-refractivity contribution >= 4 is 12.6 Å². The maximum absolute atomic E-state index is 8.51. The average molecular weight is 210 g/mol. The Hall–Kier alpha value is -1.02. The largest absolute Gasteiger partial charge is 0.252 e. The third-order valence-corrected chi connectivity index (χ3v) is 2.37. The van der Waals surface area contributed by atoms with Crippen LogP contribution in [0.15, 0.2) is 6.33 Å². The van der Waals surface area contributed by atoms with Gasteiger partial charge in [-0.1, -0.05) is 6.92 Å². The van der Waals surface area contributed by atoms with Gasteiger partial charge < -0.3 is 0 Å². The topological polar surface area (TPSA) is 54.5 Å². The van der Waals surface area contributed by atoms with Gasteiger partial charge in [0.15, 0.2) is 0 Å². The van der Waals surface area contributed by atoms with Gasteiger partial charge in [-0.25, -0.2) is 4.98 Å². The van der Waals surface area contributed by atoms with E-state index in [1.54, 1.807) is 11.0 Å². The Kier molecular flexibility index (Phi) is 4.47. The molecule has 4 nitrogen and oxygen atoms in total. The van der Waals surface area contributed by atoms with Crippen molar-refractivity contribution in [3.63, 3.8) is 0 Å². The molecule has 1 unspecified atom stereocenters. The highest BCUT2D eigenvalue weighted by molar-refractivity contribution is 7.80. The monoisotopic (exact) mass is 210 g/mol. The molecule has 0 aromatic carbocycles. The molecular weight excluding hydrogens is 196 g/mol. The van der Waals surface area contributed by atoms with Crippen LogP contribution < -0.4 is 0 Å². The minimum atomic E-state index is 0.242. The standard InChI is InChI=1S/C9H14N4S/c1-8(3-5-14)2-4-13-7-11-9(6-10)12-13/h7-8,14H,2-5H2,1H3. The highest BCUT2D eigenvalue weighted by Crippen LogP contribution is 2.09. The Labute approximate surface area is 89.4 Å². The van der Waals surface area contributed by atoms with Crippen molar-refractivity contribution in [2.75, 3.05) is 5.75 Å². The third-order valence-electron chi connectivity index (χ3n) is 2.11. The summed E-state index contributed by atoms with van der Waals surface area (Å²) in [6.45, 7) is 3.02. The van der Waals surface area contributed by atoms with Gasteiger partial charge in [-0.15, -0.1) is 5.10 Å². The predicted molar refractivity (Wildman–Crippen MR) is 57.0 cm³/mol. The lowest BCUT2D eigenvalue weighted by Crippen LogP contribution is -2.05. The lowest BCUT2D eigenvalue weighted by Gasteiger charge is -2.08. The van der Waals surface area contributed by atoms with Crippen LogP contribution >= 0.6 is 12.6 Å². The second-order valence-corrected chi connectivity index (χ2v) is 3.80. The van der Waals surface area contributed by atoms with Crippen molar-refractivity contribution in [2.45, 2.75) is 26.3 Å². The summed E-state index contributed by atoms with van der Waals surface area (Å²) in [5.74, 6) is 1.80. The molecule has 0 aliphatic rings. The fraction of sp³-hybridized carbons (Fsp3) is 0.667. The van der Waals surface area contributed by atoms with E-state index in [2.05, 4.69) is 29.6 Å². The maximum Gasteiger partial charge on any atom is 0.252 e. The van der Waals surface area contributed by atoms with Crippen LogP contribution in [-0.2, 0) is 6.54 Å². The highest BCUT2D eigenvalue weighted by atomic mass is 32.1. The number of rotatable bonds is 5. The second-order valence-electron chi connectivity index (χ2n) is 3.35. The zero-order chi connectivity index (χ0) is 10.4. The molecular formula is C9H14N4S. The van der Waals surface area contributed by atoms with Crippen molar-refractivity contribution in [1.82, 2.24) is 14.8 Å². The van der Waals surface area contributed by atoms with E-state index in [1.165, 1.54) is 0 Å². The van der Waals surface area contributed by atoms with Gasteiger partial charge in [-0.05, 0) is 24.5 Å². The predicted octanol–water partition coefficient (Wildman–Crippen LogP) is 1.50. The molecule has 14 heavy (non-hydrogen) atoms. The summed E-state index contributed by atoms with van der Waals surface area (Å²) in [6, 6.07) is 1.90. The van der Waals surface area contributed by atoms with Crippen LogP contribution in [0.4, 0.5) is 0 Å². The van der Waals surface area contributed by atoms with Gasteiger partial charge in [-0.3, -0.25) is 4.68 Å². The normalized spacial score (nSPS) is 12.4. The minimum Gasteiger partial charge on any atom is -0.252 e. The SMILES string of the molecule is CC(CCS)CCn1cnc(C#N)n1. The number of hydrogen-bond acceptors (Lipinski definition) is 4. The van der Waals surface area contributed by atoms with Gasteiger partial charge in [0.2, 0.25) is 0 Å². The fourth-order valence-electron chi connectivity index (χ4n) is 1.17. The van der Waals surface area contributed by atoms with E-state index >= 15 is 0 Å². The van der Waals surface area contributed by atoms with E-state index in [-0.39, 0.29) is 5.82 Å². The molecule has 0 saturated carbocycles. The van der Waals surface area contributed by atoms with Crippen molar-refractivity contribution in [1.29, 1.82) is 5.26 Å². The number of aromatic nitrogens is 3. The molecule has 0 aliphatic carbocycles. The van der Waals surface area contributed by atoms with Crippen molar-refractivity contribution in [3.05, 3.63) is 12.2 Å². The van der Waals surface area contributed by atoms with Gasteiger partial charge in [0.25, 0.3) is 5.82 Å². The quantitative estimate of drug-likeness (QED) is 0.749. The van der Waals surface area contributed by atoms with Crippen LogP contribution in [0.1, 0.15) is 25.6 Å². The van der Waals surface area contributed by atoms with Crippen LogP contribution in [0.5, 0.6) is 0 Å². The first-order chi connectivity index (χ1) is 6.76. The summed E-state index contributed by atoms with van der Waals surface area (Å²) in [7, 11) is 0. The molecule has 0 amide bonds. The zero-order valence-electron chi connectivity index (χ0n) is 8.22. The van der Waals surface area contributed by atoms with E-state index in [0.717, 1.165) is 25.1 Å². The summed E-state index contributed by atoms with van der Waals surface area (Å²) in [6.07, 6.45) is 3.77. The molecule has 0 radical (unpaired) electrons. The zero-order valence-corrected chi connectivity index (χ0v) is 9.11. The van der Waals surface area contributed by atoms with Gasteiger partial charge in [-0.2, -0.15) is 17.9 Å². The Bertz CT molecular complexity index is 315. The first-order valence-corrected chi connectivity index (χ1v) is 5.30. The van der Waals surface area contributed by atoms with E-state index in [0.29, 0.717) is 5.92 Å². The number of nitrogens with zero attached hydrogens (tertiary/aromatic N) is 4. The molecule has 1 atom stereocenters. The van der Waals surface area contributed by atoms with Gasteiger partial charge in [0, 0.05) is 6.54 Å². The number of hydrogen-bond donors (Lipinski definition) is 1. The van der Waals surface area contributed by atoms with Gasteiger partial charge >= 0.3 is 0 Å². The third kappa shape index (κ3) is 3.38. The van der Waals surface area contributed by atoms with E-state index in [9.17, 15) is 0 Å². The number of nitriles is 1. The lowest BCUT2D eigenvalue weighted by molar-refractivity contribution is 0.450. The minimum absolute atomic E-state index is 0.242. The molecule has 1 heterocycles. The molecule has 0 bridgehead atoms. The summed E-state index contributed by atoms with van der Waals surface area (Å²) in [5, 5.41) is 12.5. The molecule has 1 rings (SSSR count). The van der Waals surface area contributed by atoms with E-state index in [4.69, 9.17) is 5.26 Å². The van der Waals surface area contributed by atoms with Crippen LogP contribution in [0.25, 0.3) is 0 Å². The molecule has 1 aromatic heterocycles. The van der Waals surface area contributed by atoms with Crippen molar-refractivity contribution in [2.24, 2.45) is 5.92 Å². The first-order valence-electron chi connectivity index (χ1n) is 4.66. The van der Waals surface area contributed by atoms with Crippen LogP contribution in [0, 0.1) is 17.2 Å². The average Bonchev–Trinajstić information content (AvgIpc) is 2.63. The second kappa shape index (κ2) is 5.66. The summed E-state index contributed by atoms with van der Waals surface area (Å²) >= 11 is 4.18. The maximum atomic E-state index is 8.51. The summed E-state index contributed by atoms with van der Waals surface area (Å²) in [5.41, 5.74) is 0. The fourth-order valence-corrected chi connectivity index (χ4v) is 1.61. The van der Waals surface area contributed by atoms with Gasteiger partial charge in [0.1, 0.15) is 12.4 Å². The molecule has 0 aliphatic heterocycles. The first kappa shape index (κ1) is 11.1. The van der Waals surface area contributed by atoms with Gasteiger partial charge in [0.05, 0.1) is 0 Å². The lowest BCUT2D eigenvalue weighted by atomic mass is 10.1. The molecule has 0 spiro atoms. The van der Waals surface area contributed by atoms with Crippen molar-refractivity contribution in [3.8, 4) is 6.07 Å². The Morgan fingerprint density at radius 2 is 2.43 bits per heavy atom. The summed E-state index contributed by atoms with van der Waals surface area (Å²) in [4.78, 5) is 3.83. The van der Waals surface area contributed by atoms with E-state index in [1.807, 2.05) is 6.07 Å².